The molecular weight excluding hydrogens is 346 g/mol. The summed E-state index contributed by atoms with van der Waals surface area (Å²) < 4.78 is 27.6. The van der Waals surface area contributed by atoms with E-state index in [9.17, 15) is 8.42 Å². The van der Waals surface area contributed by atoms with Crippen molar-refractivity contribution in [1.82, 2.24) is 4.72 Å². The average molecular weight is 359 g/mol. The molecule has 96 valence electrons. The van der Waals surface area contributed by atoms with E-state index in [2.05, 4.69) is 20.7 Å². The molecule has 1 saturated carbocycles. The van der Waals surface area contributed by atoms with Crippen molar-refractivity contribution < 1.29 is 8.42 Å². The molecule has 0 aliphatic heterocycles. The molecule has 1 aromatic rings. The Labute approximate surface area is 119 Å². The van der Waals surface area contributed by atoms with Gasteiger partial charge in [-0.05, 0) is 47.7 Å². The Morgan fingerprint density at radius 1 is 1.59 bits per heavy atom. The largest absolute Gasteiger partial charge is 0.241 e. The average Bonchev–Trinajstić information content (AvgIpc) is 2.51. The van der Waals surface area contributed by atoms with Crippen molar-refractivity contribution in [2.45, 2.75) is 30.0 Å². The zero-order valence-corrected chi connectivity index (χ0v) is 13.2. The molecule has 1 aliphatic rings. The van der Waals surface area contributed by atoms with Gasteiger partial charge in [-0.2, -0.15) is 0 Å². The van der Waals surface area contributed by atoms with Gasteiger partial charge in [-0.15, -0.1) is 22.9 Å². The maximum Gasteiger partial charge on any atom is 0.241 e. The quantitative estimate of drug-likeness (QED) is 0.841. The molecule has 0 atom stereocenters. The molecule has 1 fully saturated rings. The summed E-state index contributed by atoms with van der Waals surface area (Å²) in [5.41, 5.74) is 0. The number of alkyl halides is 1. The second kappa shape index (κ2) is 5.17. The van der Waals surface area contributed by atoms with E-state index in [1.165, 1.54) is 11.3 Å². The van der Waals surface area contributed by atoms with Gasteiger partial charge in [-0.3, -0.25) is 0 Å². The third-order valence-corrected chi connectivity index (χ3v) is 6.46. The van der Waals surface area contributed by atoms with Crippen LogP contribution in [-0.2, 0) is 10.0 Å². The minimum absolute atomic E-state index is 0.224. The summed E-state index contributed by atoms with van der Waals surface area (Å²) in [4.78, 5) is 1.17. The van der Waals surface area contributed by atoms with E-state index < -0.39 is 10.0 Å². The zero-order valence-electron chi connectivity index (χ0n) is 9.24. The lowest BCUT2D eigenvalue weighted by Crippen LogP contribution is -2.36. The number of hydrogen-bond donors (Lipinski definition) is 1. The topological polar surface area (TPSA) is 46.2 Å². The van der Waals surface area contributed by atoms with Gasteiger partial charge >= 0.3 is 0 Å². The van der Waals surface area contributed by atoms with Gasteiger partial charge in [0.15, 0.2) is 0 Å². The Morgan fingerprint density at radius 2 is 2.24 bits per heavy atom. The SMILES string of the molecule is Cc1sc(Br)cc1S(=O)(=O)NCC1CC(Cl)C1. The van der Waals surface area contributed by atoms with Crippen LogP contribution in [0.2, 0.25) is 0 Å². The maximum absolute atomic E-state index is 12.0. The molecule has 0 bridgehead atoms. The van der Waals surface area contributed by atoms with Crippen molar-refractivity contribution >= 4 is 48.9 Å². The van der Waals surface area contributed by atoms with Gasteiger partial charge in [0.05, 0.1) is 8.68 Å². The highest BCUT2D eigenvalue weighted by atomic mass is 79.9. The van der Waals surface area contributed by atoms with Crippen LogP contribution in [0, 0.1) is 12.8 Å². The highest BCUT2D eigenvalue weighted by Crippen LogP contribution is 2.32. The second-order valence-electron chi connectivity index (χ2n) is 4.26. The van der Waals surface area contributed by atoms with Crippen LogP contribution in [0.3, 0.4) is 0 Å². The van der Waals surface area contributed by atoms with Crippen molar-refractivity contribution in [2.75, 3.05) is 6.54 Å². The first-order valence-electron chi connectivity index (χ1n) is 5.28. The van der Waals surface area contributed by atoms with Crippen molar-refractivity contribution in [2.24, 2.45) is 5.92 Å². The Hall–Kier alpha value is 0.380. The summed E-state index contributed by atoms with van der Waals surface area (Å²) in [5, 5.41) is 0.224. The summed E-state index contributed by atoms with van der Waals surface area (Å²) in [6.07, 6.45) is 1.80. The van der Waals surface area contributed by atoms with Crippen molar-refractivity contribution in [1.29, 1.82) is 0 Å². The highest BCUT2D eigenvalue weighted by molar-refractivity contribution is 9.11. The Kier molecular flexibility index (Phi) is 4.20. The van der Waals surface area contributed by atoms with E-state index >= 15 is 0 Å². The van der Waals surface area contributed by atoms with Gasteiger partial charge in [0.1, 0.15) is 0 Å². The summed E-state index contributed by atoms with van der Waals surface area (Å²) in [5.74, 6) is 0.384. The van der Waals surface area contributed by atoms with E-state index in [4.69, 9.17) is 11.6 Å². The zero-order chi connectivity index (χ0) is 12.6. The first kappa shape index (κ1) is 13.8. The van der Waals surface area contributed by atoms with Crippen LogP contribution in [0.1, 0.15) is 17.7 Å². The van der Waals surface area contributed by atoms with Crippen molar-refractivity contribution in [3.05, 3.63) is 14.7 Å². The number of rotatable bonds is 4. The van der Waals surface area contributed by atoms with Crippen molar-refractivity contribution in [3.8, 4) is 0 Å². The van der Waals surface area contributed by atoms with E-state index in [1.807, 2.05) is 6.92 Å². The minimum Gasteiger partial charge on any atom is -0.211 e. The molecule has 0 spiro atoms. The van der Waals surface area contributed by atoms with Gasteiger partial charge in [0.2, 0.25) is 10.0 Å². The van der Waals surface area contributed by atoms with Crippen LogP contribution in [0.25, 0.3) is 0 Å². The molecule has 0 saturated heterocycles. The third-order valence-electron chi connectivity index (χ3n) is 2.87. The van der Waals surface area contributed by atoms with Gasteiger partial charge in [-0.25, -0.2) is 13.1 Å². The summed E-state index contributed by atoms with van der Waals surface area (Å²) in [6, 6.07) is 1.65. The molecule has 0 unspecified atom stereocenters. The highest BCUT2D eigenvalue weighted by Gasteiger charge is 2.29. The van der Waals surface area contributed by atoms with E-state index in [1.54, 1.807) is 6.07 Å². The molecule has 0 radical (unpaired) electrons. The van der Waals surface area contributed by atoms with Gasteiger partial charge in [0, 0.05) is 16.8 Å². The van der Waals surface area contributed by atoms with Crippen LogP contribution < -0.4 is 4.72 Å². The van der Waals surface area contributed by atoms with Crippen LogP contribution in [0.15, 0.2) is 14.7 Å². The Morgan fingerprint density at radius 3 is 2.71 bits per heavy atom. The lowest BCUT2D eigenvalue weighted by molar-refractivity contribution is 0.324. The monoisotopic (exact) mass is 357 g/mol. The number of nitrogens with one attached hydrogen (secondary N) is 1. The molecule has 1 aliphatic carbocycles. The van der Waals surface area contributed by atoms with E-state index in [-0.39, 0.29) is 5.38 Å². The van der Waals surface area contributed by atoms with E-state index in [0.717, 1.165) is 21.5 Å². The molecule has 1 heterocycles. The summed E-state index contributed by atoms with van der Waals surface area (Å²) in [7, 11) is -3.37. The van der Waals surface area contributed by atoms with Crippen LogP contribution in [-0.4, -0.2) is 20.3 Å². The normalized spacial score (nSPS) is 24.6. The predicted molar refractivity (Wildman–Crippen MR) is 74.3 cm³/mol. The fraction of sp³-hybridized carbons (Fsp3) is 0.600. The molecule has 0 aromatic carbocycles. The molecule has 7 heteroatoms. The smallest absolute Gasteiger partial charge is 0.211 e. The van der Waals surface area contributed by atoms with Crippen molar-refractivity contribution in [3.63, 3.8) is 0 Å². The molecule has 1 aromatic heterocycles. The predicted octanol–water partition coefficient (Wildman–Crippen LogP) is 3.11. The third kappa shape index (κ3) is 3.23. The lowest BCUT2D eigenvalue weighted by Gasteiger charge is -2.30. The molecule has 1 N–H and O–H groups in total. The van der Waals surface area contributed by atoms with Crippen LogP contribution in [0.4, 0.5) is 0 Å². The van der Waals surface area contributed by atoms with Crippen LogP contribution in [0.5, 0.6) is 0 Å². The molecule has 0 amide bonds. The molecule has 17 heavy (non-hydrogen) atoms. The lowest BCUT2D eigenvalue weighted by atomic mass is 9.85. The molecule has 3 nitrogen and oxygen atoms in total. The first-order chi connectivity index (χ1) is 7.88. The fourth-order valence-corrected chi connectivity index (χ4v) is 5.86. The second-order valence-corrected chi connectivity index (χ2v) is 9.25. The summed E-state index contributed by atoms with van der Waals surface area (Å²) in [6.45, 7) is 2.29. The number of halogens is 2. The summed E-state index contributed by atoms with van der Waals surface area (Å²) >= 11 is 10.6. The first-order valence-corrected chi connectivity index (χ1v) is 8.81. The number of thiophene rings is 1. The molecule has 2 rings (SSSR count). The Balaban J connectivity index is 2.01. The number of hydrogen-bond acceptors (Lipinski definition) is 3. The van der Waals surface area contributed by atoms with Gasteiger partial charge < -0.3 is 0 Å². The number of sulfonamides is 1. The van der Waals surface area contributed by atoms with Gasteiger partial charge in [-0.1, -0.05) is 0 Å². The standard InChI is InChI=1S/C10H13BrClNO2S2/c1-6-9(4-10(11)16-6)17(14,15)13-5-7-2-8(12)3-7/h4,7-8,13H,2-3,5H2,1H3. The Bertz CT molecular complexity index is 508. The van der Waals surface area contributed by atoms with E-state index in [0.29, 0.717) is 17.4 Å². The number of aryl methyl sites for hydroxylation is 1. The fourth-order valence-electron chi connectivity index (χ4n) is 1.82. The van der Waals surface area contributed by atoms with Crippen LogP contribution >= 0.6 is 38.9 Å². The molecular formula is C10H13BrClNO2S2. The minimum atomic E-state index is -3.37. The van der Waals surface area contributed by atoms with Gasteiger partial charge in [0.25, 0.3) is 0 Å². The maximum atomic E-state index is 12.0.